The van der Waals surface area contributed by atoms with E-state index < -0.39 is 0 Å². The van der Waals surface area contributed by atoms with E-state index in [1.807, 2.05) is 4.90 Å². The Balaban J connectivity index is 1.16. The van der Waals surface area contributed by atoms with Crippen molar-refractivity contribution in [3.05, 3.63) is 35.6 Å². The van der Waals surface area contributed by atoms with Crippen molar-refractivity contribution in [2.45, 2.75) is 57.0 Å². The van der Waals surface area contributed by atoms with Gasteiger partial charge in [0.15, 0.2) is 0 Å². The Morgan fingerprint density at radius 3 is 2.67 bits per heavy atom. The van der Waals surface area contributed by atoms with Crippen molar-refractivity contribution in [1.29, 1.82) is 0 Å². The van der Waals surface area contributed by atoms with Gasteiger partial charge in [-0.15, -0.1) is 0 Å². The van der Waals surface area contributed by atoms with Crippen molar-refractivity contribution < 1.29 is 14.0 Å². The van der Waals surface area contributed by atoms with E-state index in [4.69, 9.17) is 0 Å². The summed E-state index contributed by atoms with van der Waals surface area (Å²) in [7, 11) is 0. The van der Waals surface area contributed by atoms with Crippen LogP contribution < -0.4 is 0 Å². The molecule has 0 radical (unpaired) electrons. The van der Waals surface area contributed by atoms with E-state index in [1.54, 1.807) is 18.2 Å². The minimum Gasteiger partial charge on any atom is -0.342 e. The molecule has 6 heteroatoms. The first-order valence-corrected chi connectivity index (χ1v) is 11.6. The van der Waals surface area contributed by atoms with Crippen LogP contribution in [0.25, 0.3) is 0 Å². The minimum absolute atomic E-state index is 0.0328. The Morgan fingerprint density at radius 2 is 1.87 bits per heavy atom. The zero-order valence-electron chi connectivity index (χ0n) is 17.6. The fourth-order valence-electron chi connectivity index (χ4n) is 6.34. The van der Waals surface area contributed by atoms with Gasteiger partial charge in [0.05, 0.1) is 6.42 Å². The SMILES string of the molecule is O=C(Cc1ccccc1F)N1CCC(N2CC3CC(C2)[C@H]2CCCC(=O)N2C3)CC1. The summed E-state index contributed by atoms with van der Waals surface area (Å²) in [6, 6.07) is 7.54. The van der Waals surface area contributed by atoms with Crippen LogP contribution in [0.3, 0.4) is 0 Å². The Bertz CT molecular complexity index is 807. The summed E-state index contributed by atoms with van der Waals surface area (Å²) in [5.74, 6) is 1.32. The van der Waals surface area contributed by atoms with Crippen molar-refractivity contribution in [2.75, 3.05) is 32.7 Å². The van der Waals surface area contributed by atoms with Gasteiger partial charge in [-0.1, -0.05) is 18.2 Å². The average molecular weight is 414 g/mol. The lowest BCUT2D eigenvalue weighted by Crippen LogP contribution is -2.62. The number of likely N-dealkylation sites (tertiary alicyclic amines) is 2. The molecule has 0 spiro atoms. The molecule has 30 heavy (non-hydrogen) atoms. The van der Waals surface area contributed by atoms with Gasteiger partial charge in [-0.2, -0.15) is 0 Å². The number of rotatable bonds is 3. The second kappa shape index (κ2) is 8.29. The molecule has 5 nitrogen and oxygen atoms in total. The van der Waals surface area contributed by atoms with Crippen LogP contribution in [0.4, 0.5) is 4.39 Å². The summed E-state index contributed by atoms with van der Waals surface area (Å²) < 4.78 is 13.9. The van der Waals surface area contributed by atoms with Crippen molar-refractivity contribution >= 4 is 11.8 Å². The topological polar surface area (TPSA) is 43.9 Å². The Morgan fingerprint density at radius 1 is 1.07 bits per heavy atom. The second-order valence-corrected chi connectivity index (χ2v) is 9.70. The van der Waals surface area contributed by atoms with Crippen LogP contribution >= 0.6 is 0 Å². The molecule has 4 fully saturated rings. The minimum atomic E-state index is -0.296. The fraction of sp³-hybridized carbons (Fsp3) is 0.667. The molecule has 0 N–H and O–H groups in total. The third-order valence-corrected chi connectivity index (χ3v) is 7.84. The molecule has 0 aromatic heterocycles. The van der Waals surface area contributed by atoms with Crippen LogP contribution in [-0.4, -0.2) is 71.3 Å². The molecular formula is C24H32FN3O2. The zero-order valence-corrected chi connectivity index (χ0v) is 17.6. The maximum atomic E-state index is 13.9. The maximum absolute atomic E-state index is 13.9. The van der Waals surface area contributed by atoms with Gasteiger partial charge in [-0.3, -0.25) is 14.5 Å². The lowest BCUT2D eigenvalue weighted by Gasteiger charge is -2.54. The number of carbonyl (C=O) groups excluding carboxylic acids is 2. The highest BCUT2D eigenvalue weighted by Crippen LogP contribution is 2.39. The normalized spacial score (nSPS) is 30.3. The van der Waals surface area contributed by atoms with Crippen LogP contribution in [-0.2, 0) is 16.0 Å². The number of halogens is 1. The molecule has 0 aliphatic carbocycles. The first-order chi connectivity index (χ1) is 14.6. The number of fused-ring (bicyclic) bond motifs is 4. The van der Waals surface area contributed by atoms with Crippen LogP contribution in [0.15, 0.2) is 24.3 Å². The summed E-state index contributed by atoms with van der Waals surface area (Å²) in [6.07, 6.45) is 6.36. The summed E-state index contributed by atoms with van der Waals surface area (Å²) in [4.78, 5) is 31.8. The Labute approximate surface area is 178 Å². The van der Waals surface area contributed by atoms with E-state index >= 15 is 0 Å². The van der Waals surface area contributed by atoms with Gasteiger partial charge in [0.2, 0.25) is 11.8 Å². The number of hydrogen-bond donors (Lipinski definition) is 0. The van der Waals surface area contributed by atoms with Gasteiger partial charge in [0, 0.05) is 51.2 Å². The average Bonchev–Trinajstić information content (AvgIpc) is 2.76. The number of hydrogen-bond acceptors (Lipinski definition) is 3. The van der Waals surface area contributed by atoms with E-state index in [1.165, 1.54) is 18.9 Å². The van der Waals surface area contributed by atoms with Crippen LogP contribution in [0.1, 0.15) is 44.1 Å². The maximum Gasteiger partial charge on any atom is 0.227 e. The Kier molecular flexibility index (Phi) is 5.52. The molecule has 4 heterocycles. The third kappa shape index (κ3) is 3.86. The predicted molar refractivity (Wildman–Crippen MR) is 112 cm³/mol. The molecule has 5 rings (SSSR count). The summed E-state index contributed by atoms with van der Waals surface area (Å²) in [6.45, 7) is 4.64. The number of piperidine rings is 4. The number of amides is 2. The predicted octanol–water partition coefficient (Wildman–Crippen LogP) is 2.69. The van der Waals surface area contributed by atoms with E-state index in [2.05, 4.69) is 9.80 Å². The summed E-state index contributed by atoms with van der Waals surface area (Å²) in [5.41, 5.74) is 0.486. The van der Waals surface area contributed by atoms with Gasteiger partial charge >= 0.3 is 0 Å². The molecule has 3 atom stereocenters. The van der Waals surface area contributed by atoms with Gasteiger partial charge in [0.1, 0.15) is 5.82 Å². The largest absolute Gasteiger partial charge is 0.342 e. The molecule has 1 aromatic rings. The van der Waals surface area contributed by atoms with Gasteiger partial charge in [0.25, 0.3) is 0 Å². The summed E-state index contributed by atoms with van der Waals surface area (Å²) >= 11 is 0. The smallest absolute Gasteiger partial charge is 0.227 e. The van der Waals surface area contributed by atoms with Crippen LogP contribution in [0, 0.1) is 17.7 Å². The monoisotopic (exact) mass is 413 g/mol. The number of carbonyl (C=O) groups is 2. The number of nitrogens with zero attached hydrogens (tertiary/aromatic N) is 3. The standard InChI is InChI=1S/C24H32FN3O2/c25-21-5-2-1-4-18(21)13-24(30)26-10-8-20(9-11-26)27-14-17-12-19(16-27)22-6-3-7-23(29)28(22)15-17/h1-2,4-5,17,19-20,22H,3,6-16H2/t17?,19?,22-/m1/s1. The molecule has 0 saturated carbocycles. The van der Waals surface area contributed by atoms with Crippen molar-refractivity contribution in [2.24, 2.45) is 11.8 Å². The van der Waals surface area contributed by atoms with Crippen LogP contribution in [0.2, 0.25) is 0 Å². The molecule has 2 amide bonds. The highest BCUT2D eigenvalue weighted by molar-refractivity contribution is 5.79. The van der Waals surface area contributed by atoms with Crippen molar-refractivity contribution in [3.8, 4) is 0 Å². The van der Waals surface area contributed by atoms with Crippen molar-refractivity contribution in [3.63, 3.8) is 0 Å². The molecule has 4 aliphatic heterocycles. The molecule has 4 saturated heterocycles. The van der Waals surface area contributed by atoms with E-state index in [0.29, 0.717) is 35.4 Å². The van der Waals surface area contributed by atoms with E-state index in [9.17, 15) is 14.0 Å². The lowest BCUT2D eigenvalue weighted by atomic mass is 9.75. The van der Waals surface area contributed by atoms with E-state index in [0.717, 1.165) is 58.4 Å². The quantitative estimate of drug-likeness (QED) is 0.765. The third-order valence-electron chi connectivity index (χ3n) is 7.84. The number of benzene rings is 1. The lowest BCUT2D eigenvalue weighted by molar-refractivity contribution is -0.146. The van der Waals surface area contributed by atoms with Gasteiger partial charge in [-0.05, 0) is 55.6 Å². The van der Waals surface area contributed by atoms with Gasteiger partial charge in [-0.25, -0.2) is 4.39 Å². The first kappa shape index (κ1) is 20.0. The first-order valence-electron chi connectivity index (χ1n) is 11.6. The van der Waals surface area contributed by atoms with Gasteiger partial charge < -0.3 is 9.80 Å². The summed E-state index contributed by atoms with van der Waals surface area (Å²) in [5, 5.41) is 0. The molecular weight excluding hydrogens is 381 g/mol. The Hall–Kier alpha value is -1.95. The molecule has 1 aromatic carbocycles. The fourth-order valence-corrected chi connectivity index (χ4v) is 6.34. The molecule has 2 bridgehead atoms. The second-order valence-electron chi connectivity index (χ2n) is 9.70. The van der Waals surface area contributed by atoms with Crippen LogP contribution in [0.5, 0.6) is 0 Å². The highest BCUT2D eigenvalue weighted by atomic mass is 19.1. The zero-order chi connectivity index (χ0) is 20.7. The molecule has 2 unspecified atom stereocenters. The highest BCUT2D eigenvalue weighted by Gasteiger charge is 2.45. The van der Waals surface area contributed by atoms with E-state index in [-0.39, 0.29) is 18.1 Å². The van der Waals surface area contributed by atoms with Crippen molar-refractivity contribution in [1.82, 2.24) is 14.7 Å². The molecule has 162 valence electrons. The molecule has 4 aliphatic rings.